The number of aliphatic hydroxyl groups excluding tert-OH is 1. The molecule has 1 heterocycles. The van der Waals surface area contributed by atoms with Gasteiger partial charge in [-0.25, -0.2) is 0 Å². The van der Waals surface area contributed by atoms with Crippen molar-refractivity contribution in [2.75, 3.05) is 5.75 Å². The zero-order chi connectivity index (χ0) is 8.43. The SMILES string of the molecule is O=C1C=C(C(O)CS)C(=O)N1. The molecule has 2 amide bonds. The van der Waals surface area contributed by atoms with Crippen LogP contribution in [-0.4, -0.2) is 28.8 Å². The highest BCUT2D eigenvalue weighted by atomic mass is 32.1. The van der Waals surface area contributed by atoms with Gasteiger partial charge in [-0.2, -0.15) is 12.6 Å². The predicted octanol–water partition coefficient (Wildman–Crippen LogP) is -1.14. The highest BCUT2D eigenvalue weighted by Gasteiger charge is 2.25. The lowest BCUT2D eigenvalue weighted by Crippen LogP contribution is -2.26. The fraction of sp³-hybridized carbons (Fsp3) is 0.333. The largest absolute Gasteiger partial charge is 0.387 e. The molecule has 0 aromatic heterocycles. The van der Waals surface area contributed by atoms with E-state index in [0.29, 0.717) is 0 Å². The fourth-order valence-corrected chi connectivity index (χ4v) is 0.969. The van der Waals surface area contributed by atoms with Crippen molar-refractivity contribution in [1.29, 1.82) is 0 Å². The van der Waals surface area contributed by atoms with Crippen molar-refractivity contribution < 1.29 is 14.7 Å². The molecule has 0 aliphatic carbocycles. The highest BCUT2D eigenvalue weighted by molar-refractivity contribution is 7.80. The maximum Gasteiger partial charge on any atom is 0.256 e. The Bertz CT molecular complexity index is 236. The van der Waals surface area contributed by atoms with Crippen LogP contribution in [0.2, 0.25) is 0 Å². The Kier molecular flexibility index (Phi) is 2.31. The van der Waals surface area contributed by atoms with Crippen molar-refractivity contribution in [3.05, 3.63) is 11.6 Å². The standard InChI is InChI=1S/C6H7NO3S/c8-4(2-11)3-1-5(9)7-6(3)10/h1,4,8,11H,2H2,(H,7,9,10). The van der Waals surface area contributed by atoms with Gasteiger partial charge in [0.1, 0.15) is 0 Å². The van der Waals surface area contributed by atoms with E-state index in [2.05, 4.69) is 12.6 Å². The Balaban J connectivity index is 2.79. The van der Waals surface area contributed by atoms with Crippen molar-refractivity contribution in [2.24, 2.45) is 0 Å². The fourth-order valence-electron chi connectivity index (χ4n) is 0.773. The second kappa shape index (κ2) is 3.06. The molecular weight excluding hydrogens is 166 g/mol. The van der Waals surface area contributed by atoms with E-state index in [1.807, 2.05) is 5.32 Å². The number of aliphatic hydroxyl groups is 1. The van der Waals surface area contributed by atoms with Crippen molar-refractivity contribution in [3.8, 4) is 0 Å². The molecule has 0 bridgehead atoms. The van der Waals surface area contributed by atoms with E-state index in [9.17, 15) is 9.59 Å². The first-order valence-electron chi connectivity index (χ1n) is 3.01. The van der Waals surface area contributed by atoms with Crippen LogP contribution in [0.15, 0.2) is 11.6 Å². The average Bonchev–Trinajstić information content (AvgIpc) is 2.28. The van der Waals surface area contributed by atoms with Crippen LogP contribution < -0.4 is 5.32 Å². The second-order valence-corrected chi connectivity index (χ2v) is 2.48. The number of nitrogens with one attached hydrogen (secondary N) is 1. The maximum absolute atomic E-state index is 10.8. The molecule has 0 aromatic carbocycles. The van der Waals surface area contributed by atoms with Crippen LogP contribution in [0.5, 0.6) is 0 Å². The van der Waals surface area contributed by atoms with E-state index < -0.39 is 17.9 Å². The number of rotatable bonds is 2. The summed E-state index contributed by atoms with van der Waals surface area (Å²) >= 11 is 3.78. The van der Waals surface area contributed by atoms with Crippen LogP contribution >= 0.6 is 12.6 Å². The summed E-state index contributed by atoms with van der Waals surface area (Å²) in [6.45, 7) is 0. The topological polar surface area (TPSA) is 66.4 Å². The molecule has 1 unspecified atom stereocenters. The van der Waals surface area contributed by atoms with Gasteiger partial charge in [-0.05, 0) is 0 Å². The van der Waals surface area contributed by atoms with Gasteiger partial charge in [-0.15, -0.1) is 0 Å². The summed E-state index contributed by atoms with van der Waals surface area (Å²) in [5.74, 6) is -0.880. The van der Waals surface area contributed by atoms with Crippen LogP contribution in [0.1, 0.15) is 0 Å². The Hall–Kier alpha value is -0.810. The normalized spacial score (nSPS) is 19.6. The van der Waals surface area contributed by atoms with Crippen LogP contribution in [0.25, 0.3) is 0 Å². The number of hydrogen-bond donors (Lipinski definition) is 3. The van der Waals surface area contributed by atoms with Gasteiger partial charge in [0.15, 0.2) is 0 Å². The molecule has 11 heavy (non-hydrogen) atoms. The molecule has 60 valence electrons. The lowest BCUT2D eigenvalue weighted by molar-refractivity contribution is -0.124. The van der Waals surface area contributed by atoms with E-state index in [0.717, 1.165) is 6.08 Å². The smallest absolute Gasteiger partial charge is 0.256 e. The lowest BCUT2D eigenvalue weighted by atomic mass is 10.2. The summed E-state index contributed by atoms with van der Waals surface area (Å²) in [6, 6.07) is 0. The Morgan fingerprint density at radius 1 is 1.64 bits per heavy atom. The molecule has 0 fully saturated rings. The number of hydrogen-bond acceptors (Lipinski definition) is 4. The first-order chi connectivity index (χ1) is 5.15. The van der Waals surface area contributed by atoms with Gasteiger partial charge >= 0.3 is 0 Å². The Morgan fingerprint density at radius 3 is 2.64 bits per heavy atom. The molecule has 4 nitrogen and oxygen atoms in total. The third-order valence-electron chi connectivity index (χ3n) is 1.32. The first-order valence-corrected chi connectivity index (χ1v) is 3.64. The van der Waals surface area contributed by atoms with Crippen molar-refractivity contribution >= 4 is 24.4 Å². The molecule has 0 saturated carbocycles. The molecule has 0 aromatic rings. The van der Waals surface area contributed by atoms with E-state index in [1.54, 1.807) is 0 Å². The molecule has 1 aliphatic heterocycles. The summed E-state index contributed by atoms with van der Waals surface area (Å²) in [5.41, 5.74) is 0.0880. The molecule has 1 aliphatic rings. The maximum atomic E-state index is 10.8. The minimum atomic E-state index is -0.954. The van der Waals surface area contributed by atoms with Gasteiger partial charge in [0.25, 0.3) is 11.8 Å². The summed E-state index contributed by atoms with van der Waals surface area (Å²) in [5, 5.41) is 11.1. The van der Waals surface area contributed by atoms with Gasteiger partial charge in [0.2, 0.25) is 0 Å². The van der Waals surface area contributed by atoms with E-state index >= 15 is 0 Å². The van der Waals surface area contributed by atoms with Gasteiger partial charge in [-0.3, -0.25) is 14.9 Å². The van der Waals surface area contributed by atoms with E-state index in [1.165, 1.54) is 0 Å². The zero-order valence-electron chi connectivity index (χ0n) is 5.57. The van der Waals surface area contributed by atoms with E-state index in [4.69, 9.17) is 5.11 Å². The first kappa shape index (κ1) is 8.29. The van der Waals surface area contributed by atoms with Gasteiger partial charge in [-0.1, -0.05) is 0 Å². The number of thiol groups is 1. The van der Waals surface area contributed by atoms with Crippen LogP contribution in [-0.2, 0) is 9.59 Å². The third kappa shape index (κ3) is 1.61. The van der Waals surface area contributed by atoms with Crippen molar-refractivity contribution in [2.45, 2.75) is 6.10 Å². The van der Waals surface area contributed by atoms with E-state index in [-0.39, 0.29) is 11.3 Å². The average molecular weight is 173 g/mol. The van der Waals surface area contributed by atoms with Gasteiger partial charge < -0.3 is 5.11 Å². The van der Waals surface area contributed by atoms with Crippen LogP contribution in [0.4, 0.5) is 0 Å². The number of imide groups is 1. The third-order valence-corrected chi connectivity index (χ3v) is 1.66. The monoisotopic (exact) mass is 173 g/mol. The van der Waals surface area contributed by atoms with Gasteiger partial charge in [0.05, 0.1) is 11.7 Å². The zero-order valence-corrected chi connectivity index (χ0v) is 6.47. The molecule has 1 atom stereocenters. The Morgan fingerprint density at radius 2 is 2.27 bits per heavy atom. The Labute approximate surface area is 68.7 Å². The summed E-state index contributed by atoms with van der Waals surface area (Å²) < 4.78 is 0. The van der Waals surface area contributed by atoms with Crippen molar-refractivity contribution in [3.63, 3.8) is 0 Å². The molecule has 5 heteroatoms. The summed E-state index contributed by atoms with van der Waals surface area (Å²) in [4.78, 5) is 21.3. The molecule has 0 spiro atoms. The number of carbonyl (C=O) groups excluding carboxylic acids is 2. The minimum Gasteiger partial charge on any atom is -0.387 e. The summed E-state index contributed by atoms with van der Waals surface area (Å²) in [7, 11) is 0. The quantitative estimate of drug-likeness (QED) is 0.365. The minimum absolute atomic E-state index is 0.0880. The van der Waals surface area contributed by atoms with Crippen molar-refractivity contribution in [1.82, 2.24) is 5.32 Å². The lowest BCUT2D eigenvalue weighted by Gasteiger charge is -2.04. The summed E-state index contributed by atoms with van der Waals surface area (Å²) in [6.07, 6.45) is 0.133. The van der Waals surface area contributed by atoms with Crippen LogP contribution in [0, 0.1) is 0 Å². The molecule has 1 rings (SSSR count). The highest BCUT2D eigenvalue weighted by Crippen LogP contribution is 2.08. The molecule has 2 N–H and O–H groups in total. The number of amides is 2. The predicted molar refractivity (Wildman–Crippen MR) is 41.1 cm³/mol. The molecule has 0 saturated heterocycles. The van der Waals surface area contributed by atoms with Crippen LogP contribution in [0.3, 0.4) is 0 Å². The number of carbonyl (C=O) groups is 2. The van der Waals surface area contributed by atoms with Gasteiger partial charge in [0, 0.05) is 11.8 Å². The second-order valence-electron chi connectivity index (χ2n) is 2.12. The molecule has 0 radical (unpaired) electrons. The molecular formula is C6H7NO3S.